The smallest absolute Gasteiger partial charge is 1.00 e. The van der Waals surface area contributed by atoms with E-state index in [0.29, 0.717) is 5.04 Å². The summed E-state index contributed by atoms with van der Waals surface area (Å²) >= 11 is 0. The molecule has 1 fully saturated rings. The molecule has 0 amide bonds. The van der Waals surface area contributed by atoms with Crippen molar-refractivity contribution in [3.8, 4) is 0 Å². The third-order valence-corrected chi connectivity index (χ3v) is 9.11. The van der Waals surface area contributed by atoms with E-state index in [-0.39, 0.29) is 68.5 Å². The normalized spacial score (nSPS) is 21.6. The largest absolute Gasteiger partial charge is 4.00 e. The Balaban J connectivity index is 0.00000182. The first-order valence-electron chi connectivity index (χ1n) is 9.74. The Morgan fingerprint density at radius 2 is 1.75 bits per heavy atom. The first-order valence-corrected chi connectivity index (χ1v) is 11.2. The van der Waals surface area contributed by atoms with Crippen molar-refractivity contribution < 1.29 is 58.9 Å². The fourth-order valence-electron chi connectivity index (χ4n) is 5.05. The van der Waals surface area contributed by atoms with Gasteiger partial charge in [-0.05, 0) is 23.8 Å². The Hall–Kier alpha value is 0.111. The second-order valence-corrected chi connectivity index (χ2v) is 10.6. The topological polar surface area (TPSA) is 0 Å². The van der Waals surface area contributed by atoms with E-state index < -0.39 is 0 Å². The number of hydrogen-bond donors (Lipinski definition) is 0. The van der Waals surface area contributed by atoms with E-state index in [9.17, 15) is 0 Å². The van der Waals surface area contributed by atoms with Crippen LogP contribution >= 0.6 is 0 Å². The van der Waals surface area contributed by atoms with E-state index in [1.807, 2.05) is 0 Å². The number of hydrogen-bond acceptors (Lipinski definition) is 0. The van der Waals surface area contributed by atoms with Crippen molar-refractivity contribution in [1.82, 2.24) is 0 Å². The van der Waals surface area contributed by atoms with Gasteiger partial charge in [-0.15, -0.1) is 40.6 Å². The average Bonchev–Trinajstić information content (AvgIpc) is 2.92. The molecule has 5 heteroatoms. The predicted molar refractivity (Wildman–Crippen MR) is 109 cm³/mol. The summed E-state index contributed by atoms with van der Waals surface area (Å²) in [5.41, 5.74) is 1.54. The van der Waals surface area contributed by atoms with E-state index in [1.54, 1.807) is 5.19 Å². The minimum atomic E-state index is -0.356. The van der Waals surface area contributed by atoms with Gasteiger partial charge in [-0.1, -0.05) is 69.4 Å². The van der Waals surface area contributed by atoms with Crippen LogP contribution in [-0.2, 0) is 21.7 Å². The molecule has 2 aromatic rings. The maximum absolute atomic E-state index is 2.59. The third kappa shape index (κ3) is 6.30. The van der Waals surface area contributed by atoms with Crippen LogP contribution in [0.2, 0.25) is 5.04 Å². The van der Waals surface area contributed by atoms with Gasteiger partial charge in [-0.3, -0.25) is 0 Å². The molecule has 28 heavy (non-hydrogen) atoms. The number of rotatable bonds is 4. The molecule has 2 aliphatic carbocycles. The molecule has 0 saturated heterocycles. The maximum atomic E-state index is 2.59. The van der Waals surface area contributed by atoms with Gasteiger partial charge < -0.3 is 37.2 Å². The summed E-state index contributed by atoms with van der Waals surface area (Å²) in [6, 6.07) is 11.4. The molecule has 0 spiro atoms. The summed E-state index contributed by atoms with van der Waals surface area (Å²) in [5.74, 6) is 0.962. The van der Waals surface area contributed by atoms with E-state index >= 15 is 0 Å². The Morgan fingerprint density at radius 1 is 1.04 bits per heavy atom. The first kappa shape index (κ1) is 28.1. The molecule has 0 radical (unpaired) electrons. The van der Waals surface area contributed by atoms with Crippen molar-refractivity contribution >= 4 is 25.5 Å². The van der Waals surface area contributed by atoms with E-state index in [2.05, 4.69) is 61.6 Å². The molecule has 150 valence electrons. The second kappa shape index (κ2) is 12.7. The zero-order valence-corrected chi connectivity index (χ0v) is 21.8. The number of fused-ring (bicyclic) bond motifs is 1. The monoisotopic (exact) mass is 486 g/mol. The predicted octanol–water partition coefficient (Wildman–Crippen LogP) is -3.68. The van der Waals surface area contributed by atoms with Gasteiger partial charge in [-0.25, -0.2) is 0 Å². The van der Waals surface area contributed by atoms with Gasteiger partial charge in [0.05, 0.1) is 0 Å². The van der Waals surface area contributed by atoms with Crippen LogP contribution in [0.4, 0.5) is 0 Å². The number of benzene rings is 1. The van der Waals surface area contributed by atoms with E-state index in [0.717, 1.165) is 5.92 Å². The second-order valence-electron chi connectivity index (χ2n) is 8.13. The van der Waals surface area contributed by atoms with Gasteiger partial charge in [0.25, 0.3) is 0 Å². The molecular formula is C23H29Cl3SiTi. The summed E-state index contributed by atoms with van der Waals surface area (Å²) in [4.78, 5) is 0. The molecule has 2 aromatic carbocycles. The Labute approximate surface area is 206 Å². The quantitative estimate of drug-likeness (QED) is 0.308. The first-order chi connectivity index (χ1) is 11.8. The molecule has 0 aromatic heterocycles. The van der Waals surface area contributed by atoms with E-state index in [4.69, 9.17) is 0 Å². The van der Waals surface area contributed by atoms with Gasteiger partial charge in [0.15, 0.2) is 0 Å². The summed E-state index contributed by atoms with van der Waals surface area (Å²) in [6.07, 6.45) is 19.6. The van der Waals surface area contributed by atoms with Gasteiger partial charge in [-0.2, -0.15) is 5.19 Å². The molecule has 4 rings (SSSR count). The van der Waals surface area contributed by atoms with Crippen LogP contribution in [0.3, 0.4) is 0 Å². The maximum Gasteiger partial charge on any atom is 4.00 e. The molecule has 0 nitrogen and oxygen atoms in total. The minimum absolute atomic E-state index is 0. The zero-order chi connectivity index (χ0) is 16.4. The summed E-state index contributed by atoms with van der Waals surface area (Å²) in [7, 11) is -0.356. The summed E-state index contributed by atoms with van der Waals surface area (Å²) < 4.78 is 0. The van der Waals surface area contributed by atoms with Gasteiger partial charge in [0.2, 0.25) is 0 Å². The number of halogens is 3. The fraction of sp³-hybridized carbons (Fsp3) is 0.435. The molecule has 1 unspecified atom stereocenters. The summed E-state index contributed by atoms with van der Waals surface area (Å²) in [6.45, 7) is 2.33. The van der Waals surface area contributed by atoms with Gasteiger partial charge >= 0.3 is 21.7 Å². The van der Waals surface area contributed by atoms with Crippen LogP contribution in [0.5, 0.6) is 0 Å². The standard InChI is InChI=1S/C23H29Si.3ClH.Ti/c1-18-16-20-12-6-7-13-21(20)22(18)24-23(14-8-3-9-15-23)17-19-10-4-2-5-11-19;;;;/h3,6-9,12-14,16,19H,2,4-5,10-11,15,17,24H2,1H3;3*1H;/q-1;;;;+4/p-3. The van der Waals surface area contributed by atoms with E-state index in [1.165, 1.54) is 61.3 Å². The summed E-state index contributed by atoms with van der Waals surface area (Å²) in [5, 5.41) is 5.17. The molecule has 0 aliphatic heterocycles. The van der Waals surface area contributed by atoms with Crippen LogP contribution in [0.1, 0.15) is 50.5 Å². The Kier molecular flexibility index (Phi) is 12.8. The molecule has 0 bridgehead atoms. The zero-order valence-electron chi connectivity index (χ0n) is 16.6. The van der Waals surface area contributed by atoms with Crippen molar-refractivity contribution in [2.75, 3.05) is 0 Å². The van der Waals surface area contributed by atoms with Crippen molar-refractivity contribution in [1.29, 1.82) is 0 Å². The fourth-order valence-corrected chi connectivity index (χ4v) is 7.76. The SMILES string of the molecule is Cc1[cH-]c2ccccc2c1[SiH2]C1(CC2CCCCC2)C=CC=CC1.[Cl-].[Cl-].[Cl-].[Ti+4]. The average molecular weight is 488 g/mol. The molecule has 0 heterocycles. The van der Waals surface area contributed by atoms with Crippen LogP contribution in [0.25, 0.3) is 10.8 Å². The van der Waals surface area contributed by atoms with Crippen molar-refractivity contribution in [2.45, 2.75) is 56.9 Å². The van der Waals surface area contributed by atoms with Gasteiger partial charge in [0.1, 0.15) is 0 Å². The Bertz CT molecular complexity index is 777. The molecule has 1 atom stereocenters. The van der Waals surface area contributed by atoms with Crippen LogP contribution in [0.15, 0.2) is 54.6 Å². The third-order valence-electron chi connectivity index (χ3n) is 6.30. The molecule has 2 aliphatic rings. The number of aryl methyl sites for hydroxylation is 1. The van der Waals surface area contributed by atoms with Crippen molar-refractivity contribution in [2.24, 2.45) is 5.92 Å². The van der Waals surface area contributed by atoms with Crippen LogP contribution in [0, 0.1) is 12.8 Å². The number of allylic oxidation sites excluding steroid dienone is 4. The van der Waals surface area contributed by atoms with Crippen LogP contribution in [-0.4, -0.2) is 9.52 Å². The van der Waals surface area contributed by atoms with Crippen molar-refractivity contribution in [3.05, 3.63) is 60.2 Å². The van der Waals surface area contributed by atoms with Gasteiger partial charge in [0, 0.05) is 9.52 Å². The molecule has 1 saturated carbocycles. The van der Waals surface area contributed by atoms with Crippen LogP contribution < -0.4 is 42.4 Å². The molecule has 0 N–H and O–H groups in total. The Morgan fingerprint density at radius 3 is 2.43 bits per heavy atom. The van der Waals surface area contributed by atoms with Crippen molar-refractivity contribution in [3.63, 3.8) is 0 Å². The molecular weight excluding hydrogens is 459 g/mol. The minimum Gasteiger partial charge on any atom is -1.00 e.